The van der Waals surface area contributed by atoms with Gasteiger partial charge in [-0.05, 0) is 42.0 Å². The van der Waals surface area contributed by atoms with E-state index in [9.17, 15) is 13.2 Å². The van der Waals surface area contributed by atoms with Gasteiger partial charge in [-0.2, -0.15) is 0 Å². The normalized spacial score (nSPS) is 14.4. The summed E-state index contributed by atoms with van der Waals surface area (Å²) in [5.41, 5.74) is 1.48. The van der Waals surface area contributed by atoms with E-state index >= 15 is 0 Å². The summed E-state index contributed by atoms with van der Waals surface area (Å²) in [5, 5.41) is 0.464. The van der Waals surface area contributed by atoms with E-state index < -0.39 is 10.0 Å². The van der Waals surface area contributed by atoms with Crippen molar-refractivity contribution in [1.29, 1.82) is 0 Å². The first kappa shape index (κ1) is 28.5. The number of carbonyl (C=O) groups excluding carboxylic acids is 1. The number of ether oxygens (including phenoxy) is 2. The first-order valence-electron chi connectivity index (χ1n) is 12.5. The van der Waals surface area contributed by atoms with Gasteiger partial charge in [0.05, 0.1) is 24.8 Å². The fourth-order valence-corrected chi connectivity index (χ4v) is 5.89. The number of hydrogen-bond donors (Lipinski definition) is 0. The minimum absolute atomic E-state index is 0.0158. The Morgan fingerprint density at radius 2 is 1.59 bits per heavy atom. The number of nitrogens with zero attached hydrogens (tertiary/aromatic N) is 3. The molecular formula is C29H32ClN3O5S. The number of piperazine rings is 1. The Morgan fingerprint density at radius 3 is 2.23 bits per heavy atom. The maximum atomic E-state index is 13.8. The first-order chi connectivity index (χ1) is 18.8. The lowest BCUT2D eigenvalue weighted by molar-refractivity contribution is -0.131. The van der Waals surface area contributed by atoms with Crippen LogP contribution >= 0.6 is 11.6 Å². The monoisotopic (exact) mass is 569 g/mol. The van der Waals surface area contributed by atoms with Gasteiger partial charge in [0.2, 0.25) is 5.91 Å². The predicted molar refractivity (Wildman–Crippen MR) is 154 cm³/mol. The van der Waals surface area contributed by atoms with Crippen LogP contribution in [0.2, 0.25) is 5.02 Å². The van der Waals surface area contributed by atoms with Crippen LogP contribution in [-0.2, 0) is 14.8 Å². The zero-order valence-electron chi connectivity index (χ0n) is 22.0. The molecule has 0 saturated carbocycles. The van der Waals surface area contributed by atoms with Gasteiger partial charge >= 0.3 is 0 Å². The summed E-state index contributed by atoms with van der Waals surface area (Å²) in [6.45, 7) is 2.88. The van der Waals surface area contributed by atoms with Crippen molar-refractivity contribution < 1.29 is 22.7 Å². The minimum Gasteiger partial charge on any atom is -0.493 e. The lowest BCUT2D eigenvalue weighted by Gasteiger charge is -2.35. The number of sulfonamides is 1. The fourth-order valence-electron chi connectivity index (χ4n) is 4.33. The predicted octanol–water partition coefficient (Wildman–Crippen LogP) is 4.41. The number of halogens is 1. The third-order valence-electron chi connectivity index (χ3n) is 6.53. The molecule has 0 aromatic heterocycles. The second-order valence-corrected chi connectivity index (χ2v) is 11.3. The van der Waals surface area contributed by atoms with Crippen molar-refractivity contribution in [3.63, 3.8) is 0 Å². The summed E-state index contributed by atoms with van der Waals surface area (Å²) >= 11 is 6.05. The molecule has 0 aliphatic carbocycles. The fraction of sp³-hybridized carbons (Fsp3) is 0.276. The number of hydrogen-bond acceptors (Lipinski definition) is 6. The van der Waals surface area contributed by atoms with Gasteiger partial charge < -0.3 is 14.4 Å². The Bertz CT molecular complexity index is 1390. The number of anilines is 1. The van der Waals surface area contributed by atoms with E-state index in [1.807, 2.05) is 18.2 Å². The van der Waals surface area contributed by atoms with Crippen LogP contribution in [0.5, 0.6) is 11.5 Å². The second kappa shape index (κ2) is 13.0. The maximum absolute atomic E-state index is 13.8. The summed E-state index contributed by atoms with van der Waals surface area (Å²) in [7, 11) is -1.21. The Labute approximate surface area is 235 Å². The summed E-state index contributed by atoms with van der Waals surface area (Å²) in [5.74, 6) is 0.411. The standard InChI is InChI=1S/C29H32ClN3O5S/c1-37-27-15-14-26(21-28(27)38-2)39(35,36)33(25-12-10-24(30)11-13-25)22-29(34)32-19-17-31(18-20-32)16-6-9-23-7-4-3-5-8-23/h3-15,21H,16-20,22H2,1-2H3/b9-6+. The molecule has 3 aromatic carbocycles. The molecule has 10 heteroatoms. The molecule has 1 saturated heterocycles. The van der Waals surface area contributed by atoms with Gasteiger partial charge in [0.25, 0.3) is 10.0 Å². The number of amides is 1. The number of rotatable bonds is 10. The highest BCUT2D eigenvalue weighted by Gasteiger charge is 2.31. The zero-order valence-corrected chi connectivity index (χ0v) is 23.6. The van der Waals surface area contributed by atoms with Crippen LogP contribution < -0.4 is 13.8 Å². The summed E-state index contributed by atoms with van der Waals surface area (Å²) in [6.07, 6.45) is 4.20. The van der Waals surface area contributed by atoms with E-state index in [2.05, 4.69) is 29.2 Å². The Balaban J connectivity index is 1.47. The summed E-state index contributed by atoms with van der Waals surface area (Å²) < 4.78 is 39.3. The molecular weight excluding hydrogens is 538 g/mol. The lowest BCUT2D eigenvalue weighted by Crippen LogP contribution is -2.51. The molecule has 8 nitrogen and oxygen atoms in total. The van der Waals surface area contributed by atoms with Crippen LogP contribution in [0.15, 0.2) is 83.8 Å². The third-order valence-corrected chi connectivity index (χ3v) is 8.56. The van der Waals surface area contributed by atoms with Crippen LogP contribution in [0, 0.1) is 0 Å². The molecule has 0 N–H and O–H groups in total. The van der Waals surface area contributed by atoms with E-state index in [0.717, 1.165) is 16.4 Å². The van der Waals surface area contributed by atoms with Crippen molar-refractivity contribution in [2.75, 3.05) is 57.8 Å². The van der Waals surface area contributed by atoms with Gasteiger partial charge in [-0.3, -0.25) is 14.0 Å². The molecule has 206 valence electrons. The second-order valence-electron chi connectivity index (χ2n) is 9.00. The van der Waals surface area contributed by atoms with Crippen molar-refractivity contribution in [3.8, 4) is 11.5 Å². The minimum atomic E-state index is -4.12. The smallest absolute Gasteiger partial charge is 0.264 e. The maximum Gasteiger partial charge on any atom is 0.264 e. The van der Waals surface area contributed by atoms with Crippen LogP contribution in [0.4, 0.5) is 5.69 Å². The van der Waals surface area contributed by atoms with E-state index in [1.54, 1.807) is 29.2 Å². The van der Waals surface area contributed by atoms with Crippen LogP contribution in [0.25, 0.3) is 6.08 Å². The average molecular weight is 570 g/mol. The van der Waals surface area contributed by atoms with Gasteiger partial charge in [0.1, 0.15) is 6.54 Å². The zero-order chi connectivity index (χ0) is 27.8. The molecule has 3 aromatic rings. The van der Waals surface area contributed by atoms with Gasteiger partial charge in [-0.15, -0.1) is 0 Å². The van der Waals surface area contributed by atoms with Crippen LogP contribution in [0.1, 0.15) is 5.56 Å². The van der Waals surface area contributed by atoms with Crippen molar-refractivity contribution in [2.45, 2.75) is 4.90 Å². The van der Waals surface area contributed by atoms with Gasteiger partial charge in [0, 0.05) is 43.8 Å². The van der Waals surface area contributed by atoms with E-state index in [1.165, 1.54) is 32.4 Å². The van der Waals surface area contributed by atoms with Gasteiger partial charge in [-0.25, -0.2) is 8.42 Å². The van der Waals surface area contributed by atoms with Crippen molar-refractivity contribution in [3.05, 3.63) is 89.5 Å². The molecule has 1 heterocycles. The molecule has 1 aliphatic heterocycles. The number of methoxy groups -OCH3 is 2. The highest BCUT2D eigenvalue weighted by Crippen LogP contribution is 2.32. The average Bonchev–Trinajstić information content (AvgIpc) is 2.96. The summed E-state index contributed by atoms with van der Waals surface area (Å²) in [4.78, 5) is 17.3. The van der Waals surface area contributed by atoms with E-state index in [0.29, 0.717) is 42.6 Å². The van der Waals surface area contributed by atoms with Crippen LogP contribution in [-0.4, -0.2) is 77.6 Å². The number of benzene rings is 3. The molecule has 0 unspecified atom stereocenters. The molecule has 0 spiro atoms. The third kappa shape index (κ3) is 7.11. The lowest BCUT2D eigenvalue weighted by atomic mass is 10.2. The SMILES string of the molecule is COc1ccc(S(=O)(=O)N(CC(=O)N2CCN(C/C=C/c3ccccc3)CC2)c2ccc(Cl)cc2)cc1OC. The quantitative estimate of drug-likeness (QED) is 0.360. The van der Waals surface area contributed by atoms with Gasteiger partial charge in [0.15, 0.2) is 11.5 Å². The Hall–Kier alpha value is -3.53. The highest BCUT2D eigenvalue weighted by molar-refractivity contribution is 7.92. The molecule has 1 aliphatic rings. The highest BCUT2D eigenvalue weighted by atomic mass is 35.5. The van der Waals surface area contributed by atoms with Crippen LogP contribution in [0.3, 0.4) is 0 Å². The van der Waals surface area contributed by atoms with E-state index in [4.69, 9.17) is 21.1 Å². The summed E-state index contributed by atoms with van der Waals surface area (Å²) in [6, 6.07) is 20.8. The largest absolute Gasteiger partial charge is 0.493 e. The number of carbonyl (C=O) groups is 1. The van der Waals surface area contributed by atoms with Gasteiger partial charge in [-0.1, -0.05) is 54.1 Å². The van der Waals surface area contributed by atoms with Crippen molar-refractivity contribution >= 4 is 39.3 Å². The van der Waals surface area contributed by atoms with Crippen molar-refractivity contribution in [2.24, 2.45) is 0 Å². The molecule has 1 amide bonds. The molecule has 0 radical (unpaired) electrons. The Morgan fingerprint density at radius 1 is 0.923 bits per heavy atom. The molecule has 4 rings (SSSR count). The first-order valence-corrected chi connectivity index (χ1v) is 14.4. The molecule has 1 fully saturated rings. The molecule has 39 heavy (non-hydrogen) atoms. The Kier molecular flexibility index (Phi) is 9.50. The molecule has 0 bridgehead atoms. The van der Waals surface area contributed by atoms with E-state index in [-0.39, 0.29) is 23.1 Å². The molecule has 0 atom stereocenters. The topological polar surface area (TPSA) is 79.4 Å². The van der Waals surface area contributed by atoms with Crippen molar-refractivity contribution in [1.82, 2.24) is 9.80 Å².